The second-order valence-corrected chi connectivity index (χ2v) is 10.5. The Hall–Kier alpha value is -1.14. The zero-order chi connectivity index (χ0) is 22.6. The lowest BCUT2D eigenvalue weighted by Crippen LogP contribution is -2.61. The summed E-state index contributed by atoms with van der Waals surface area (Å²) in [6, 6.07) is -1.74. The molecule has 1 saturated carbocycles. The van der Waals surface area contributed by atoms with Crippen molar-refractivity contribution in [1.29, 1.82) is 0 Å². The molecular formula is C19H28F3N3O4S2. The molecule has 3 N–H and O–H groups in total. The summed E-state index contributed by atoms with van der Waals surface area (Å²) >= 11 is 2.38. The smallest absolute Gasteiger partial charge is 0.413 e. The highest BCUT2D eigenvalue weighted by atomic mass is 32.2. The van der Waals surface area contributed by atoms with Gasteiger partial charge in [-0.2, -0.15) is 13.2 Å². The van der Waals surface area contributed by atoms with Crippen LogP contribution in [-0.2, 0) is 14.3 Å². The molecule has 4 atom stereocenters. The van der Waals surface area contributed by atoms with Crippen molar-refractivity contribution in [3.8, 4) is 0 Å². The zero-order valence-corrected chi connectivity index (χ0v) is 18.9. The van der Waals surface area contributed by atoms with Crippen LogP contribution >= 0.6 is 23.5 Å². The summed E-state index contributed by atoms with van der Waals surface area (Å²) in [6.45, 7) is 1.75. The van der Waals surface area contributed by atoms with Crippen molar-refractivity contribution in [1.82, 2.24) is 16.0 Å². The molecule has 0 aromatic heterocycles. The van der Waals surface area contributed by atoms with Gasteiger partial charge in [0.05, 0.1) is 12.5 Å². The van der Waals surface area contributed by atoms with E-state index in [1.54, 1.807) is 6.92 Å². The molecule has 0 aromatic carbocycles. The minimum atomic E-state index is -4.42. The molecule has 0 spiro atoms. The predicted octanol–water partition coefficient (Wildman–Crippen LogP) is 3.00. The number of thioether (sulfide) groups is 2. The van der Waals surface area contributed by atoms with E-state index in [2.05, 4.69) is 16.0 Å². The molecule has 2 saturated heterocycles. The van der Waals surface area contributed by atoms with Gasteiger partial charge in [0.25, 0.3) is 0 Å². The molecule has 3 aliphatic rings. The summed E-state index contributed by atoms with van der Waals surface area (Å²) in [5.74, 6) is -1.37. The average molecular weight is 484 g/mol. The van der Waals surface area contributed by atoms with Crippen LogP contribution in [0.2, 0.25) is 0 Å². The maximum Gasteiger partial charge on any atom is 0.413 e. The van der Waals surface area contributed by atoms with Crippen LogP contribution in [0.5, 0.6) is 0 Å². The normalized spacial score (nSPS) is 31.9. The fourth-order valence-electron chi connectivity index (χ4n) is 4.57. The third kappa shape index (κ3) is 5.62. The number of alkyl halides is 3. The van der Waals surface area contributed by atoms with E-state index in [0.29, 0.717) is 12.2 Å². The first-order valence-corrected chi connectivity index (χ1v) is 12.6. The molecule has 176 valence electrons. The molecule has 2 aliphatic heterocycles. The Kier molecular flexibility index (Phi) is 8.06. The van der Waals surface area contributed by atoms with Gasteiger partial charge in [-0.15, -0.1) is 23.5 Å². The number of hydrogen-bond donors (Lipinski definition) is 3. The minimum Gasteiger partial charge on any atom is -0.450 e. The van der Waals surface area contributed by atoms with E-state index in [4.69, 9.17) is 4.74 Å². The number of hydrogen-bond acceptors (Lipinski definition) is 7. The molecule has 3 amide bonds. The van der Waals surface area contributed by atoms with Crippen molar-refractivity contribution < 1.29 is 32.3 Å². The van der Waals surface area contributed by atoms with Crippen molar-refractivity contribution in [2.75, 3.05) is 18.1 Å². The Balaban J connectivity index is 1.78. The number of ether oxygens (including phenoxy) is 1. The molecule has 3 rings (SSSR count). The van der Waals surface area contributed by atoms with E-state index in [1.807, 2.05) is 0 Å². The molecular weight excluding hydrogens is 455 g/mol. The Labute approximate surface area is 187 Å². The topological polar surface area (TPSA) is 96.5 Å². The summed E-state index contributed by atoms with van der Waals surface area (Å²) in [7, 11) is 0. The predicted molar refractivity (Wildman–Crippen MR) is 112 cm³/mol. The van der Waals surface area contributed by atoms with Gasteiger partial charge in [0.2, 0.25) is 11.8 Å². The Bertz CT molecular complexity index is 691. The van der Waals surface area contributed by atoms with Gasteiger partial charge < -0.3 is 10.1 Å². The lowest BCUT2D eigenvalue weighted by molar-refractivity contribution is -0.150. The lowest BCUT2D eigenvalue weighted by atomic mass is 9.77. The number of amides is 3. The highest BCUT2D eigenvalue weighted by Gasteiger charge is 2.55. The largest absolute Gasteiger partial charge is 0.450 e. The van der Waals surface area contributed by atoms with Crippen LogP contribution in [-0.4, -0.2) is 58.5 Å². The molecule has 0 aromatic rings. The Morgan fingerprint density at radius 3 is 2.45 bits per heavy atom. The molecule has 12 heteroatoms. The molecule has 7 nitrogen and oxygen atoms in total. The number of rotatable bonds is 5. The molecule has 0 radical (unpaired) electrons. The van der Waals surface area contributed by atoms with E-state index in [0.717, 1.165) is 43.9 Å². The fraction of sp³-hybridized carbons (Fsp3) is 0.842. The molecule has 1 aliphatic carbocycles. The standard InChI is InChI=1S/C19H28F3N3O4S2/c1-2-29-17(28)24-14(26)12-8-9-31-18(12,11-6-4-3-5-7-11)25-15(27)16-23-13(10-30-16)19(20,21)22/h11-13,16,23H,2-10H2,1H3,(H,25,27)(H,24,26,28). The SMILES string of the molecule is CCOC(=O)NC(=O)C1CCSC1(NC(=O)C1NC(C(F)(F)F)CS1)C1CCCCC1. The molecule has 4 unspecified atom stereocenters. The second-order valence-electron chi connectivity index (χ2n) is 7.99. The van der Waals surface area contributed by atoms with Crippen LogP contribution in [0.1, 0.15) is 45.4 Å². The summed E-state index contributed by atoms with van der Waals surface area (Å²) in [6.07, 6.45) is -0.188. The van der Waals surface area contributed by atoms with Crippen molar-refractivity contribution in [3.63, 3.8) is 0 Å². The number of carbonyl (C=O) groups is 3. The van der Waals surface area contributed by atoms with Gasteiger partial charge >= 0.3 is 12.3 Å². The van der Waals surface area contributed by atoms with Gasteiger partial charge in [-0.1, -0.05) is 19.3 Å². The summed E-state index contributed by atoms with van der Waals surface area (Å²) in [5.41, 5.74) is 0. The maximum atomic E-state index is 13.0. The van der Waals surface area contributed by atoms with E-state index in [1.165, 1.54) is 11.8 Å². The van der Waals surface area contributed by atoms with Crippen LogP contribution in [0.15, 0.2) is 0 Å². The van der Waals surface area contributed by atoms with E-state index < -0.39 is 46.3 Å². The highest BCUT2D eigenvalue weighted by molar-refractivity contribution is 8.01. The number of alkyl carbamates (subject to hydrolysis) is 1. The summed E-state index contributed by atoms with van der Waals surface area (Å²) in [5, 5.41) is 6.54. The average Bonchev–Trinajstić information content (AvgIpc) is 3.37. The lowest BCUT2D eigenvalue weighted by Gasteiger charge is -2.43. The van der Waals surface area contributed by atoms with E-state index >= 15 is 0 Å². The molecule has 0 bridgehead atoms. The first kappa shape index (κ1) is 24.5. The summed E-state index contributed by atoms with van der Waals surface area (Å²) < 4.78 is 43.8. The maximum absolute atomic E-state index is 13.0. The van der Waals surface area contributed by atoms with Gasteiger partial charge in [0.1, 0.15) is 16.3 Å². The monoisotopic (exact) mass is 483 g/mol. The van der Waals surface area contributed by atoms with Crippen molar-refractivity contribution in [2.45, 2.75) is 67.9 Å². The van der Waals surface area contributed by atoms with Gasteiger partial charge in [0.15, 0.2) is 0 Å². The number of halogens is 3. The van der Waals surface area contributed by atoms with Gasteiger partial charge in [0, 0.05) is 5.75 Å². The van der Waals surface area contributed by atoms with E-state index in [9.17, 15) is 27.6 Å². The Morgan fingerprint density at radius 1 is 1.13 bits per heavy atom. The van der Waals surface area contributed by atoms with Crippen molar-refractivity contribution in [2.24, 2.45) is 11.8 Å². The highest BCUT2D eigenvalue weighted by Crippen LogP contribution is 2.51. The Morgan fingerprint density at radius 2 is 1.84 bits per heavy atom. The van der Waals surface area contributed by atoms with Crippen LogP contribution in [0.3, 0.4) is 0 Å². The van der Waals surface area contributed by atoms with Crippen LogP contribution in [0, 0.1) is 11.8 Å². The number of imide groups is 1. The van der Waals surface area contributed by atoms with Crippen LogP contribution < -0.4 is 16.0 Å². The first-order valence-electron chi connectivity index (χ1n) is 10.6. The van der Waals surface area contributed by atoms with Crippen LogP contribution in [0.25, 0.3) is 0 Å². The van der Waals surface area contributed by atoms with Gasteiger partial charge in [-0.05, 0) is 37.9 Å². The number of nitrogens with one attached hydrogen (secondary N) is 3. The third-order valence-electron chi connectivity index (χ3n) is 6.03. The molecule has 31 heavy (non-hydrogen) atoms. The first-order chi connectivity index (χ1) is 14.7. The zero-order valence-electron chi connectivity index (χ0n) is 17.3. The van der Waals surface area contributed by atoms with Crippen LogP contribution in [0.4, 0.5) is 18.0 Å². The minimum absolute atomic E-state index is 0.000427. The summed E-state index contributed by atoms with van der Waals surface area (Å²) in [4.78, 5) is 36.8. The van der Waals surface area contributed by atoms with Crippen molar-refractivity contribution in [3.05, 3.63) is 0 Å². The number of carbonyl (C=O) groups excluding carboxylic acids is 3. The second kappa shape index (κ2) is 10.2. The van der Waals surface area contributed by atoms with Gasteiger partial charge in [-0.3, -0.25) is 20.2 Å². The third-order valence-corrected chi connectivity index (χ3v) is 8.87. The van der Waals surface area contributed by atoms with Crippen molar-refractivity contribution >= 4 is 41.4 Å². The fourth-order valence-corrected chi connectivity index (χ4v) is 7.47. The molecule has 2 heterocycles. The van der Waals surface area contributed by atoms with Gasteiger partial charge in [-0.25, -0.2) is 4.79 Å². The van der Waals surface area contributed by atoms with E-state index in [-0.39, 0.29) is 18.3 Å². The molecule has 3 fully saturated rings. The quantitative estimate of drug-likeness (QED) is 0.553.